The highest BCUT2D eigenvalue weighted by Gasteiger charge is 2.31. The molecule has 0 saturated heterocycles. The fraction of sp³-hybridized carbons (Fsp3) is 0.381. The summed E-state index contributed by atoms with van der Waals surface area (Å²) in [5.74, 6) is -3.30. The smallest absolute Gasteiger partial charge is 0.309 e. The number of hydrogen-bond acceptors (Lipinski definition) is 7. The number of allylic oxidation sites excluding steroid dienone is 2. The van der Waals surface area contributed by atoms with E-state index in [0.29, 0.717) is 6.42 Å². The van der Waals surface area contributed by atoms with Gasteiger partial charge in [-0.3, -0.25) is 14.4 Å². The van der Waals surface area contributed by atoms with Gasteiger partial charge in [0.25, 0.3) is 0 Å². The van der Waals surface area contributed by atoms with E-state index in [1.807, 2.05) is 6.92 Å². The molecule has 0 radical (unpaired) electrons. The van der Waals surface area contributed by atoms with Crippen molar-refractivity contribution in [2.45, 2.75) is 45.8 Å². The summed E-state index contributed by atoms with van der Waals surface area (Å²) in [5, 5.41) is 30.9. The van der Waals surface area contributed by atoms with E-state index in [4.69, 9.17) is 4.74 Å². The summed E-state index contributed by atoms with van der Waals surface area (Å²) < 4.78 is 5.45. The minimum absolute atomic E-state index is 0.0650. The minimum Gasteiger partial charge on any atom is -0.507 e. The fourth-order valence-electron chi connectivity index (χ4n) is 2.64. The van der Waals surface area contributed by atoms with E-state index in [2.05, 4.69) is 0 Å². The number of benzene rings is 1. The number of phenols is 2. The van der Waals surface area contributed by atoms with Gasteiger partial charge < -0.3 is 20.1 Å². The van der Waals surface area contributed by atoms with E-state index in [0.717, 1.165) is 18.2 Å². The van der Waals surface area contributed by atoms with Crippen molar-refractivity contribution < 1.29 is 34.4 Å². The number of aromatic hydroxyl groups is 2. The molecule has 0 aliphatic heterocycles. The van der Waals surface area contributed by atoms with Crippen molar-refractivity contribution in [3.05, 3.63) is 47.1 Å². The van der Waals surface area contributed by atoms with Crippen molar-refractivity contribution in [1.82, 2.24) is 0 Å². The third-order valence-electron chi connectivity index (χ3n) is 4.43. The number of ketones is 2. The highest BCUT2D eigenvalue weighted by molar-refractivity contribution is 6.24. The van der Waals surface area contributed by atoms with Crippen molar-refractivity contribution in [3.8, 4) is 11.5 Å². The minimum atomic E-state index is -1.23. The van der Waals surface area contributed by atoms with Gasteiger partial charge in [0, 0.05) is 5.56 Å². The molecule has 7 heteroatoms. The molecule has 1 aliphatic rings. The Morgan fingerprint density at radius 1 is 1.18 bits per heavy atom. The summed E-state index contributed by atoms with van der Waals surface area (Å²) in [7, 11) is 0. The molecule has 0 aromatic heterocycles. The highest BCUT2D eigenvalue weighted by Crippen LogP contribution is 2.40. The molecule has 150 valence electrons. The van der Waals surface area contributed by atoms with Gasteiger partial charge in [0.05, 0.1) is 22.6 Å². The van der Waals surface area contributed by atoms with Crippen molar-refractivity contribution >= 4 is 17.5 Å². The fourth-order valence-corrected chi connectivity index (χ4v) is 2.64. The molecular formula is C21H24O7. The predicted molar refractivity (Wildman–Crippen MR) is 101 cm³/mol. The van der Waals surface area contributed by atoms with Crippen LogP contribution in [-0.2, 0) is 9.53 Å². The van der Waals surface area contributed by atoms with E-state index in [-0.39, 0.29) is 16.7 Å². The second kappa shape index (κ2) is 7.98. The average Bonchev–Trinajstić information content (AvgIpc) is 2.61. The number of carbonyl (C=O) groups excluding carboxylic acids is 3. The van der Waals surface area contributed by atoms with Gasteiger partial charge in [-0.2, -0.15) is 0 Å². The van der Waals surface area contributed by atoms with Crippen LogP contribution in [0.25, 0.3) is 0 Å². The Labute approximate surface area is 163 Å². The lowest BCUT2D eigenvalue weighted by atomic mass is 9.89. The molecule has 2 rings (SSSR count). The lowest BCUT2D eigenvalue weighted by molar-refractivity contribution is -0.151. The number of aliphatic hydroxyl groups is 1. The van der Waals surface area contributed by atoms with Crippen LogP contribution in [0.15, 0.2) is 30.4 Å². The Balaban J connectivity index is 2.60. The maximum Gasteiger partial charge on any atom is 0.309 e. The number of phenolic OH excluding ortho intramolecular Hbond substituents is 2. The zero-order valence-corrected chi connectivity index (χ0v) is 16.2. The molecule has 0 amide bonds. The molecule has 1 aromatic rings. The summed E-state index contributed by atoms with van der Waals surface area (Å²) in [6.07, 6.45) is 4.08. The van der Waals surface area contributed by atoms with Gasteiger partial charge in [-0.1, -0.05) is 19.9 Å². The van der Waals surface area contributed by atoms with Crippen LogP contribution < -0.4 is 0 Å². The van der Waals surface area contributed by atoms with Crippen LogP contribution in [0.4, 0.5) is 0 Å². The Bertz CT molecular complexity index is 872. The van der Waals surface area contributed by atoms with Gasteiger partial charge in [0.15, 0.2) is 11.6 Å². The third kappa shape index (κ3) is 4.48. The maximum absolute atomic E-state index is 12.3. The molecule has 0 saturated carbocycles. The normalized spacial score (nSPS) is 16.2. The molecule has 0 unspecified atom stereocenters. The highest BCUT2D eigenvalue weighted by atomic mass is 16.5. The largest absolute Gasteiger partial charge is 0.507 e. The first-order valence-corrected chi connectivity index (χ1v) is 8.94. The zero-order chi connectivity index (χ0) is 21.2. The lowest BCUT2D eigenvalue weighted by Gasteiger charge is -2.22. The van der Waals surface area contributed by atoms with E-state index < -0.39 is 46.7 Å². The molecule has 28 heavy (non-hydrogen) atoms. The van der Waals surface area contributed by atoms with Crippen LogP contribution in [0.5, 0.6) is 11.5 Å². The maximum atomic E-state index is 12.3. The molecule has 0 heterocycles. The van der Waals surface area contributed by atoms with Gasteiger partial charge >= 0.3 is 5.97 Å². The quantitative estimate of drug-likeness (QED) is 0.389. The van der Waals surface area contributed by atoms with Gasteiger partial charge in [-0.15, -0.1) is 0 Å². The topological polar surface area (TPSA) is 121 Å². The van der Waals surface area contributed by atoms with E-state index in [1.165, 1.54) is 26.0 Å². The summed E-state index contributed by atoms with van der Waals surface area (Å²) >= 11 is 0. The number of fused-ring (bicyclic) bond motifs is 1. The van der Waals surface area contributed by atoms with Crippen LogP contribution >= 0.6 is 0 Å². The lowest BCUT2D eigenvalue weighted by Crippen LogP contribution is -2.20. The van der Waals surface area contributed by atoms with Crippen LogP contribution in [0, 0.1) is 5.92 Å². The SMILES string of the molecule is CC[C@H](C)C(=O)O[C@H](/C=C/C(C)(C)O)c1cc(O)c2c(c1O)C(=O)C=CC2=O. The van der Waals surface area contributed by atoms with Gasteiger partial charge in [-0.25, -0.2) is 0 Å². The van der Waals surface area contributed by atoms with Crippen LogP contribution in [0.3, 0.4) is 0 Å². The second-order valence-corrected chi connectivity index (χ2v) is 7.32. The van der Waals surface area contributed by atoms with Crippen molar-refractivity contribution in [3.63, 3.8) is 0 Å². The van der Waals surface area contributed by atoms with E-state index in [9.17, 15) is 29.7 Å². The Morgan fingerprint density at radius 3 is 2.29 bits per heavy atom. The van der Waals surface area contributed by atoms with Crippen LogP contribution in [0.1, 0.15) is 66.5 Å². The molecular weight excluding hydrogens is 364 g/mol. The number of hydrogen-bond donors (Lipinski definition) is 3. The predicted octanol–water partition coefficient (Wildman–Crippen LogP) is 2.99. The summed E-state index contributed by atoms with van der Waals surface area (Å²) in [6.45, 7) is 6.51. The molecule has 2 atom stereocenters. The first kappa shape index (κ1) is 21.4. The molecule has 7 nitrogen and oxygen atoms in total. The molecule has 0 bridgehead atoms. The summed E-state index contributed by atoms with van der Waals surface area (Å²) in [4.78, 5) is 36.5. The Hall–Kier alpha value is -2.93. The number of esters is 1. The van der Waals surface area contributed by atoms with Crippen LogP contribution in [0.2, 0.25) is 0 Å². The molecule has 0 spiro atoms. The van der Waals surface area contributed by atoms with Crippen LogP contribution in [-0.4, -0.2) is 38.5 Å². The average molecular weight is 388 g/mol. The molecule has 3 N–H and O–H groups in total. The van der Waals surface area contributed by atoms with Gasteiger partial charge in [0.2, 0.25) is 0 Å². The molecule has 0 fully saturated rings. The van der Waals surface area contributed by atoms with E-state index >= 15 is 0 Å². The second-order valence-electron chi connectivity index (χ2n) is 7.32. The number of carbonyl (C=O) groups is 3. The zero-order valence-electron chi connectivity index (χ0n) is 16.2. The monoisotopic (exact) mass is 388 g/mol. The third-order valence-corrected chi connectivity index (χ3v) is 4.43. The first-order chi connectivity index (χ1) is 13.0. The van der Waals surface area contributed by atoms with Gasteiger partial charge in [0.1, 0.15) is 17.6 Å². The number of rotatable bonds is 6. The number of ether oxygens (including phenoxy) is 1. The standard InChI is InChI=1S/C21H24O7/c1-5-11(2)20(26)28-16(8-9-21(3,4)27)12-10-15(24)17-13(22)6-7-14(23)18(17)19(12)25/h6-11,16,24-25,27H,5H2,1-4H3/b9-8+/t11-,16+/m0/s1. The van der Waals surface area contributed by atoms with E-state index in [1.54, 1.807) is 6.92 Å². The Kier molecular flexibility index (Phi) is 6.09. The Morgan fingerprint density at radius 2 is 1.75 bits per heavy atom. The van der Waals surface area contributed by atoms with Crippen molar-refractivity contribution in [1.29, 1.82) is 0 Å². The molecule has 1 aliphatic carbocycles. The summed E-state index contributed by atoms with van der Waals surface area (Å²) in [5.41, 5.74) is -1.94. The summed E-state index contributed by atoms with van der Waals surface area (Å²) in [6, 6.07) is 1.09. The van der Waals surface area contributed by atoms with Gasteiger partial charge in [-0.05, 0) is 44.6 Å². The first-order valence-electron chi connectivity index (χ1n) is 8.94. The van der Waals surface area contributed by atoms with Crippen molar-refractivity contribution in [2.75, 3.05) is 0 Å². The molecule has 1 aromatic carbocycles. The van der Waals surface area contributed by atoms with Crippen molar-refractivity contribution in [2.24, 2.45) is 5.92 Å².